The summed E-state index contributed by atoms with van der Waals surface area (Å²) in [5, 5.41) is 6.62. The summed E-state index contributed by atoms with van der Waals surface area (Å²) >= 11 is 0. The number of aromatic nitrogens is 2. The van der Waals surface area contributed by atoms with E-state index < -0.39 is 5.97 Å². The minimum atomic E-state index is -0.403. The van der Waals surface area contributed by atoms with Gasteiger partial charge < -0.3 is 20.3 Å². The molecule has 7 nitrogen and oxygen atoms in total. The van der Waals surface area contributed by atoms with Gasteiger partial charge in [-0.1, -0.05) is 5.16 Å². The Hall–Kier alpha value is -2.57. The summed E-state index contributed by atoms with van der Waals surface area (Å²) in [5.74, 6) is 0.134. The Morgan fingerprint density at radius 2 is 2.37 bits per heavy atom. The molecule has 0 atom stereocenters. The second-order valence-corrected chi connectivity index (χ2v) is 3.81. The molecule has 0 saturated carbocycles. The lowest BCUT2D eigenvalue weighted by Crippen LogP contribution is -2.09. The van der Waals surface area contributed by atoms with Crippen molar-refractivity contribution < 1.29 is 14.1 Å². The smallest absolute Gasteiger partial charge is 0.337 e. The monoisotopic (exact) mass is 262 g/mol. The van der Waals surface area contributed by atoms with Crippen LogP contribution in [-0.2, 0) is 11.2 Å². The average Bonchev–Trinajstić information content (AvgIpc) is 2.93. The Balaban J connectivity index is 2.00. The standard InChI is InChI=1S/C12H14N4O3/c1-18-12(17)8-2-3-9(13)10(6-8)14-5-4-11-15-7-16-19-11/h2-3,6-7,14H,4-5,13H2,1H3. The third-order valence-corrected chi connectivity index (χ3v) is 2.54. The average molecular weight is 262 g/mol. The zero-order valence-corrected chi connectivity index (χ0v) is 10.4. The Morgan fingerprint density at radius 1 is 1.53 bits per heavy atom. The maximum absolute atomic E-state index is 11.4. The molecule has 2 rings (SSSR count). The zero-order chi connectivity index (χ0) is 13.7. The Morgan fingerprint density at radius 3 is 3.05 bits per heavy atom. The van der Waals surface area contributed by atoms with Crippen molar-refractivity contribution in [2.45, 2.75) is 6.42 Å². The van der Waals surface area contributed by atoms with Crippen LogP contribution in [0.4, 0.5) is 11.4 Å². The fourth-order valence-electron chi connectivity index (χ4n) is 1.56. The molecule has 0 aliphatic rings. The number of carbonyl (C=O) groups is 1. The van der Waals surface area contributed by atoms with E-state index in [9.17, 15) is 4.79 Å². The van der Waals surface area contributed by atoms with Crippen molar-refractivity contribution in [2.24, 2.45) is 0 Å². The van der Waals surface area contributed by atoms with Gasteiger partial charge in [-0.2, -0.15) is 4.98 Å². The second kappa shape index (κ2) is 5.85. The number of anilines is 2. The lowest BCUT2D eigenvalue weighted by atomic mass is 10.1. The summed E-state index contributed by atoms with van der Waals surface area (Å²) in [6.07, 6.45) is 1.92. The Labute approximate surface area is 109 Å². The number of hydrogen-bond acceptors (Lipinski definition) is 7. The summed E-state index contributed by atoms with van der Waals surface area (Å²) in [7, 11) is 1.33. The molecule has 0 saturated heterocycles. The van der Waals surface area contributed by atoms with E-state index in [2.05, 4.69) is 20.2 Å². The van der Waals surface area contributed by atoms with Gasteiger partial charge in [-0.25, -0.2) is 4.79 Å². The van der Waals surface area contributed by atoms with Gasteiger partial charge in [0.25, 0.3) is 0 Å². The molecule has 0 amide bonds. The highest BCUT2D eigenvalue weighted by Crippen LogP contribution is 2.20. The second-order valence-electron chi connectivity index (χ2n) is 3.81. The number of nitrogens with zero attached hydrogens (tertiary/aromatic N) is 2. The van der Waals surface area contributed by atoms with Crippen molar-refractivity contribution in [1.82, 2.24) is 10.1 Å². The lowest BCUT2D eigenvalue weighted by molar-refractivity contribution is 0.0601. The molecule has 0 bridgehead atoms. The van der Waals surface area contributed by atoms with Crippen LogP contribution in [0.1, 0.15) is 16.2 Å². The van der Waals surface area contributed by atoms with Gasteiger partial charge >= 0.3 is 5.97 Å². The van der Waals surface area contributed by atoms with Crippen LogP contribution in [0, 0.1) is 0 Å². The molecule has 3 N–H and O–H groups in total. The first-order valence-electron chi connectivity index (χ1n) is 5.68. The van der Waals surface area contributed by atoms with Crippen molar-refractivity contribution in [1.29, 1.82) is 0 Å². The number of esters is 1. The van der Waals surface area contributed by atoms with Crippen molar-refractivity contribution in [3.05, 3.63) is 36.0 Å². The predicted molar refractivity (Wildman–Crippen MR) is 68.7 cm³/mol. The number of methoxy groups -OCH3 is 1. The van der Waals surface area contributed by atoms with E-state index in [1.54, 1.807) is 18.2 Å². The van der Waals surface area contributed by atoms with Crippen LogP contribution in [-0.4, -0.2) is 29.8 Å². The fourth-order valence-corrected chi connectivity index (χ4v) is 1.56. The SMILES string of the molecule is COC(=O)c1ccc(N)c(NCCc2ncno2)c1. The molecule has 0 radical (unpaired) electrons. The largest absolute Gasteiger partial charge is 0.465 e. The topological polar surface area (TPSA) is 103 Å². The van der Waals surface area contributed by atoms with Gasteiger partial charge in [-0.05, 0) is 18.2 Å². The molecule has 19 heavy (non-hydrogen) atoms. The van der Waals surface area contributed by atoms with Crippen molar-refractivity contribution in [3.63, 3.8) is 0 Å². The molecular weight excluding hydrogens is 248 g/mol. The molecule has 1 aromatic heterocycles. The highest BCUT2D eigenvalue weighted by molar-refractivity contribution is 5.91. The van der Waals surface area contributed by atoms with E-state index >= 15 is 0 Å². The van der Waals surface area contributed by atoms with Crippen LogP contribution in [0.25, 0.3) is 0 Å². The molecule has 0 spiro atoms. The quantitative estimate of drug-likeness (QED) is 0.614. The van der Waals surface area contributed by atoms with Crippen molar-refractivity contribution in [3.8, 4) is 0 Å². The number of rotatable bonds is 5. The molecule has 2 aromatic rings. The number of nitrogen functional groups attached to an aromatic ring is 1. The van der Waals surface area contributed by atoms with Crippen LogP contribution in [0.3, 0.4) is 0 Å². The highest BCUT2D eigenvalue weighted by atomic mass is 16.5. The molecule has 100 valence electrons. The number of carbonyl (C=O) groups excluding carboxylic acids is 1. The minimum Gasteiger partial charge on any atom is -0.465 e. The highest BCUT2D eigenvalue weighted by Gasteiger charge is 2.08. The third-order valence-electron chi connectivity index (χ3n) is 2.54. The molecule has 1 heterocycles. The Kier molecular flexibility index (Phi) is 3.97. The van der Waals surface area contributed by atoms with Gasteiger partial charge in [0.15, 0.2) is 6.33 Å². The van der Waals surface area contributed by atoms with E-state index in [4.69, 9.17) is 10.3 Å². The van der Waals surface area contributed by atoms with Crippen LogP contribution < -0.4 is 11.1 Å². The van der Waals surface area contributed by atoms with Crippen LogP contribution in [0.2, 0.25) is 0 Å². The maximum Gasteiger partial charge on any atom is 0.337 e. The van der Waals surface area contributed by atoms with Gasteiger partial charge in [0.05, 0.1) is 24.0 Å². The van der Waals surface area contributed by atoms with Gasteiger partial charge in [-0.15, -0.1) is 0 Å². The number of nitrogens with two attached hydrogens (primary N) is 1. The molecule has 0 aliphatic heterocycles. The molecular formula is C12H14N4O3. The Bertz CT molecular complexity index is 554. The van der Waals surface area contributed by atoms with E-state index in [0.29, 0.717) is 35.8 Å². The van der Waals surface area contributed by atoms with Crippen LogP contribution >= 0.6 is 0 Å². The number of ether oxygens (including phenoxy) is 1. The van der Waals surface area contributed by atoms with Crippen molar-refractivity contribution >= 4 is 17.3 Å². The summed E-state index contributed by atoms with van der Waals surface area (Å²) in [5.41, 5.74) is 7.49. The van der Waals surface area contributed by atoms with E-state index in [1.165, 1.54) is 13.4 Å². The minimum absolute atomic E-state index is 0.403. The lowest BCUT2D eigenvalue weighted by Gasteiger charge is -2.09. The summed E-state index contributed by atoms with van der Waals surface area (Å²) < 4.78 is 9.53. The van der Waals surface area contributed by atoms with Crippen LogP contribution in [0.15, 0.2) is 29.0 Å². The van der Waals surface area contributed by atoms with Gasteiger partial charge in [0.1, 0.15) is 0 Å². The van der Waals surface area contributed by atoms with Crippen molar-refractivity contribution in [2.75, 3.05) is 24.7 Å². The summed E-state index contributed by atoms with van der Waals surface area (Å²) in [4.78, 5) is 15.3. The van der Waals surface area contributed by atoms with Crippen LogP contribution in [0.5, 0.6) is 0 Å². The number of nitrogens with one attached hydrogen (secondary N) is 1. The first kappa shape index (κ1) is 12.9. The number of hydrogen-bond donors (Lipinski definition) is 2. The zero-order valence-electron chi connectivity index (χ0n) is 10.4. The number of benzene rings is 1. The molecule has 0 aliphatic carbocycles. The van der Waals surface area contributed by atoms with Gasteiger partial charge in [-0.3, -0.25) is 0 Å². The first-order chi connectivity index (χ1) is 9.20. The summed E-state index contributed by atoms with van der Waals surface area (Å²) in [6.45, 7) is 0.566. The molecule has 0 unspecified atom stereocenters. The van der Waals surface area contributed by atoms with Gasteiger partial charge in [0, 0.05) is 13.0 Å². The third kappa shape index (κ3) is 3.21. The van der Waals surface area contributed by atoms with E-state index in [1.807, 2.05) is 0 Å². The van der Waals surface area contributed by atoms with E-state index in [0.717, 1.165) is 0 Å². The molecule has 7 heteroatoms. The normalized spacial score (nSPS) is 10.2. The molecule has 0 fully saturated rings. The molecule has 1 aromatic carbocycles. The van der Waals surface area contributed by atoms with Gasteiger partial charge in [0.2, 0.25) is 5.89 Å². The predicted octanol–water partition coefficient (Wildman–Crippen LogP) is 1.09. The summed E-state index contributed by atoms with van der Waals surface area (Å²) in [6, 6.07) is 4.92. The first-order valence-corrected chi connectivity index (χ1v) is 5.68. The van der Waals surface area contributed by atoms with E-state index in [-0.39, 0.29) is 0 Å². The fraction of sp³-hybridized carbons (Fsp3) is 0.250. The maximum atomic E-state index is 11.4.